The van der Waals surface area contributed by atoms with E-state index in [1.165, 1.54) is 0 Å². The molecule has 4 nitrogen and oxygen atoms in total. The summed E-state index contributed by atoms with van der Waals surface area (Å²) in [5, 5.41) is 4.77. The van der Waals surface area contributed by atoms with Crippen LogP contribution in [-0.2, 0) is 4.74 Å². The van der Waals surface area contributed by atoms with E-state index in [9.17, 15) is 0 Å². The number of ether oxygens (including phenoxy) is 1. The molecule has 84 valence electrons. The highest BCUT2D eigenvalue weighted by Crippen LogP contribution is 2.18. The Balaban J connectivity index is 2.16. The van der Waals surface area contributed by atoms with E-state index in [1.54, 1.807) is 37.5 Å². The van der Waals surface area contributed by atoms with Crippen molar-refractivity contribution in [3.8, 4) is 0 Å². The van der Waals surface area contributed by atoms with Crippen LogP contribution in [0, 0.1) is 0 Å². The molecule has 1 N–H and O–H groups in total. The van der Waals surface area contributed by atoms with Crippen molar-refractivity contribution >= 4 is 11.8 Å². The lowest BCUT2D eigenvalue weighted by molar-refractivity contribution is 0.199. The number of hydrogen-bond donors (Lipinski definition) is 1. The number of nitrogens with zero attached hydrogens (tertiary/aromatic N) is 2. The van der Waals surface area contributed by atoms with Gasteiger partial charge in [0.2, 0.25) is 0 Å². The van der Waals surface area contributed by atoms with Crippen molar-refractivity contribution in [3.63, 3.8) is 0 Å². The van der Waals surface area contributed by atoms with E-state index >= 15 is 0 Å². The van der Waals surface area contributed by atoms with E-state index in [4.69, 9.17) is 4.74 Å². The molecule has 0 aliphatic heterocycles. The summed E-state index contributed by atoms with van der Waals surface area (Å²) in [5.74, 6) is 0. The van der Waals surface area contributed by atoms with Gasteiger partial charge in [-0.25, -0.2) is 4.98 Å². The average molecular weight is 227 g/mol. The van der Waals surface area contributed by atoms with Gasteiger partial charge < -0.3 is 10.1 Å². The van der Waals surface area contributed by atoms with Gasteiger partial charge >= 0.3 is 0 Å². The van der Waals surface area contributed by atoms with Gasteiger partial charge in [-0.2, -0.15) is 0 Å². The van der Waals surface area contributed by atoms with Gasteiger partial charge in [-0.3, -0.25) is 4.98 Å². The zero-order valence-electron chi connectivity index (χ0n) is 9.14. The SMILES string of the molecule is COCCNCC(C)Sc1cnccn1. The molecule has 0 bridgehead atoms. The average Bonchev–Trinajstić information content (AvgIpc) is 2.26. The number of thioether (sulfide) groups is 1. The minimum Gasteiger partial charge on any atom is -0.383 e. The van der Waals surface area contributed by atoms with Crippen LogP contribution in [0.1, 0.15) is 6.92 Å². The van der Waals surface area contributed by atoms with Crippen molar-refractivity contribution in [2.45, 2.75) is 17.2 Å². The Bertz CT molecular complexity index is 258. The summed E-state index contributed by atoms with van der Waals surface area (Å²) in [6, 6.07) is 0. The maximum Gasteiger partial charge on any atom is 0.115 e. The van der Waals surface area contributed by atoms with Gasteiger partial charge in [0.15, 0.2) is 0 Å². The predicted octanol–water partition coefficient (Wildman–Crippen LogP) is 1.19. The lowest BCUT2D eigenvalue weighted by atomic mass is 10.4. The van der Waals surface area contributed by atoms with Crippen LogP contribution in [0.5, 0.6) is 0 Å². The number of aromatic nitrogens is 2. The van der Waals surface area contributed by atoms with Crippen molar-refractivity contribution < 1.29 is 4.74 Å². The Morgan fingerprint density at radius 3 is 3.07 bits per heavy atom. The molecule has 0 aromatic carbocycles. The molecular formula is C10H17N3OS. The summed E-state index contributed by atoms with van der Waals surface area (Å²) in [5.41, 5.74) is 0. The quantitative estimate of drug-likeness (QED) is 0.560. The van der Waals surface area contributed by atoms with Crippen LogP contribution in [0.15, 0.2) is 23.6 Å². The fourth-order valence-electron chi connectivity index (χ4n) is 1.07. The normalized spacial score (nSPS) is 12.7. The summed E-state index contributed by atoms with van der Waals surface area (Å²) in [6.07, 6.45) is 5.19. The standard InChI is InChI=1S/C10H17N3OS/c1-9(7-12-5-6-14-2)15-10-8-11-3-4-13-10/h3-4,8-9,12H,5-7H2,1-2H3. The molecule has 5 heteroatoms. The van der Waals surface area contributed by atoms with Crippen molar-refractivity contribution in [1.82, 2.24) is 15.3 Å². The second kappa shape index (κ2) is 7.62. The van der Waals surface area contributed by atoms with Gasteiger partial charge in [0, 0.05) is 37.8 Å². The first-order valence-corrected chi connectivity index (χ1v) is 5.83. The third-order valence-electron chi connectivity index (χ3n) is 1.78. The maximum atomic E-state index is 4.95. The summed E-state index contributed by atoms with van der Waals surface area (Å²) in [4.78, 5) is 8.23. The van der Waals surface area contributed by atoms with Gasteiger partial charge in [0.1, 0.15) is 5.03 Å². The first kappa shape index (κ1) is 12.4. The second-order valence-electron chi connectivity index (χ2n) is 3.17. The molecule has 0 saturated carbocycles. The Kier molecular flexibility index (Phi) is 6.31. The maximum absolute atomic E-state index is 4.95. The Labute approximate surface area is 94.8 Å². The smallest absolute Gasteiger partial charge is 0.115 e. The third-order valence-corrected chi connectivity index (χ3v) is 2.80. The number of nitrogens with one attached hydrogen (secondary N) is 1. The molecule has 0 saturated heterocycles. The predicted molar refractivity (Wildman–Crippen MR) is 62.1 cm³/mol. The minimum absolute atomic E-state index is 0.485. The molecular weight excluding hydrogens is 210 g/mol. The highest BCUT2D eigenvalue weighted by atomic mass is 32.2. The Morgan fingerprint density at radius 2 is 2.40 bits per heavy atom. The Hall–Kier alpha value is -0.650. The van der Waals surface area contributed by atoms with Crippen LogP contribution >= 0.6 is 11.8 Å². The van der Waals surface area contributed by atoms with Crippen molar-refractivity contribution in [3.05, 3.63) is 18.6 Å². The van der Waals surface area contributed by atoms with Crippen molar-refractivity contribution in [2.75, 3.05) is 26.8 Å². The first-order valence-electron chi connectivity index (χ1n) is 4.95. The largest absolute Gasteiger partial charge is 0.383 e. The van der Waals surface area contributed by atoms with Crippen LogP contribution in [0.2, 0.25) is 0 Å². The highest BCUT2D eigenvalue weighted by molar-refractivity contribution is 7.99. The van der Waals surface area contributed by atoms with E-state index in [0.29, 0.717) is 5.25 Å². The summed E-state index contributed by atoms with van der Waals surface area (Å²) in [6.45, 7) is 4.76. The first-order chi connectivity index (χ1) is 7.33. The zero-order chi connectivity index (χ0) is 10.9. The van der Waals surface area contributed by atoms with Crippen molar-refractivity contribution in [1.29, 1.82) is 0 Å². The van der Waals surface area contributed by atoms with Crippen LogP contribution < -0.4 is 5.32 Å². The third kappa shape index (κ3) is 5.71. The molecule has 15 heavy (non-hydrogen) atoms. The highest BCUT2D eigenvalue weighted by Gasteiger charge is 2.04. The molecule has 0 aliphatic rings. The van der Waals surface area contributed by atoms with E-state index in [0.717, 1.165) is 24.7 Å². The van der Waals surface area contributed by atoms with Crippen LogP contribution in [-0.4, -0.2) is 42.0 Å². The van der Waals surface area contributed by atoms with Gasteiger partial charge in [-0.15, -0.1) is 11.8 Å². The number of rotatable bonds is 7. The lowest BCUT2D eigenvalue weighted by Crippen LogP contribution is -2.26. The topological polar surface area (TPSA) is 47.0 Å². The monoisotopic (exact) mass is 227 g/mol. The van der Waals surface area contributed by atoms with Crippen molar-refractivity contribution in [2.24, 2.45) is 0 Å². The molecule has 1 aromatic heterocycles. The molecule has 1 heterocycles. The van der Waals surface area contributed by atoms with Gasteiger partial charge in [0.05, 0.1) is 12.8 Å². The zero-order valence-corrected chi connectivity index (χ0v) is 9.96. The van der Waals surface area contributed by atoms with Crippen LogP contribution in [0.4, 0.5) is 0 Å². The number of hydrogen-bond acceptors (Lipinski definition) is 5. The second-order valence-corrected chi connectivity index (χ2v) is 4.63. The van der Waals surface area contributed by atoms with E-state index in [1.807, 2.05) is 0 Å². The minimum atomic E-state index is 0.485. The summed E-state index contributed by atoms with van der Waals surface area (Å²) >= 11 is 1.72. The summed E-state index contributed by atoms with van der Waals surface area (Å²) in [7, 11) is 1.71. The van der Waals surface area contributed by atoms with Gasteiger partial charge in [0.25, 0.3) is 0 Å². The number of methoxy groups -OCH3 is 1. The molecule has 0 aliphatic carbocycles. The molecule has 0 spiro atoms. The van der Waals surface area contributed by atoms with Crippen LogP contribution in [0.25, 0.3) is 0 Å². The van der Waals surface area contributed by atoms with Crippen LogP contribution in [0.3, 0.4) is 0 Å². The lowest BCUT2D eigenvalue weighted by Gasteiger charge is -2.10. The molecule has 1 unspecified atom stereocenters. The molecule has 0 amide bonds. The molecule has 0 fully saturated rings. The molecule has 0 radical (unpaired) electrons. The molecule has 1 rings (SSSR count). The fourth-order valence-corrected chi connectivity index (χ4v) is 1.93. The molecule has 1 atom stereocenters. The van der Waals surface area contributed by atoms with E-state index in [-0.39, 0.29) is 0 Å². The fraction of sp³-hybridized carbons (Fsp3) is 0.600. The van der Waals surface area contributed by atoms with Gasteiger partial charge in [-0.05, 0) is 0 Å². The van der Waals surface area contributed by atoms with E-state index in [2.05, 4.69) is 22.2 Å². The summed E-state index contributed by atoms with van der Waals surface area (Å²) < 4.78 is 4.95. The van der Waals surface area contributed by atoms with Gasteiger partial charge in [-0.1, -0.05) is 6.92 Å². The van der Waals surface area contributed by atoms with E-state index < -0.39 is 0 Å². The Morgan fingerprint density at radius 1 is 1.53 bits per heavy atom. The molecule has 1 aromatic rings.